The van der Waals surface area contributed by atoms with Gasteiger partial charge in [0.05, 0.1) is 0 Å². The van der Waals surface area contributed by atoms with Crippen molar-refractivity contribution in [3.63, 3.8) is 0 Å². The smallest absolute Gasteiger partial charge is 0.258 e. The van der Waals surface area contributed by atoms with Crippen LogP contribution in [0.1, 0.15) is 11.1 Å². The summed E-state index contributed by atoms with van der Waals surface area (Å²) in [4.78, 5) is 4.43. The molecule has 0 saturated heterocycles. The summed E-state index contributed by atoms with van der Waals surface area (Å²) in [7, 11) is 0. The number of nitrogens with zero attached hydrogens (tertiary/aromatic N) is 2. The molecule has 0 spiro atoms. The van der Waals surface area contributed by atoms with Crippen LogP contribution in [0, 0.1) is 13.8 Å². The molecule has 0 amide bonds. The van der Waals surface area contributed by atoms with E-state index in [1.165, 1.54) is 0 Å². The second kappa shape index (κ2) is 4.51. The lowest BCUT2D eigenvalue weighted by Crippen LogP contribution is -1.90. The Morgan fingerprint density at radius 3 is 2.68 bits per heavy atom. The Kier molecular flexibility index (Phi) is 2.83. The van der Waals surface area contributed by atoms with Crippen molar-refractivity contribution >= 4 is 17.0 Å². The van der Waals surface area contributed by atoms with Gasteiger partial charge in [-0.3, -0.25) is 0 Å². The molecule has 0 radical (unpaired) electrons. The van der Waals surface area contributed by atoms with Crippen molar-refractivity contribution in [2.24, 2.45) is 0 Å². The van der Waals surface area contributed by atoms with Gasteiger partial charge in [0.1, 0.15) is 0 Å². The van der Waals surface area contributed by atoms with Gasteiger partial charge in [-0.2, -0.15) is 16.3 Å². The van der Waals surface area contributed by atoms with Crippen LogP contribution in [0.15, 0.2) is 33.5 Å². The molecule has 0 bridgehead atoms. The molecule has 3 rings (SSSR count). The molecule has 2 heterocycles. The summed E-state index contributed by atoms with van der Waals surface area (Å²) in [6, 6.07) is 5.74. The highest BCUT2D eigenvalue weighted by Crippen LogP contribution is 2.28. The number of thiophene rings is 1. The fourth-order valence-electron chi connectivity index (χ4n) is 1.81. The lowest BCUT2D eigenvalue weighted by atomic mass is 10.1. The highest BCUT2D eigenvalue weighted by atomic mass is 32.1. The molecule has 4 nitrogen and oxygen atoms in total. The quantitative estimate of drug-likeness (QED) is 0.722. The first kappa shape index (κ1) is 11.9. The van der Waals surface area contributed by atoms with Crippen LogP contribution in [-0.4, -0.2) is 10.1 Å². The predicted molar refractivity (Wildman–Crippen MR) is 76.9 cm³/mol. The first-order valence-corrected chi connectivity index (χ1v) is 6.83. The molecule has 2 N–H and O–H groups in total. The van der Waals surface area contributed by atoms with E-state index in [9.17, 15) is 0 Å². The van der Waals surface area contributed by atoms with Gasteiger partial charge in [-0.05, 0) is 42.5 Å². The van der Waals surface area contributed by atoms with Gasteiger partial charge >= 0.3 is 0 Å². The zero-order chi connectivity index (χ0) is 13.4. The minimum absolute atomic E-state index is 0.493. The van der Waals surface area contributed by atoms with Crippen LogP contribution in [0.25, 0.3) is 22.8 Å². The molecule has 19 heavy (non-hydrogen) atoms. The third-order valence-electron chi connectivity index (χ3n) is 3.05. The Labute approximate surface area is 114 Å². The first-order chi connectivity index (χ1) is 9.15. The average Bonchev–Trinajstić information content (AvgIpc) is 3.01. The van der Waals surface area contributed by atoms with Gasteiger partial charge in [0, 0.05) is 22.2 Å². The molecule has 3 aromatic rings. The first-order valence-electron chi connectivity index (χ1n) is 5.88. The van der Waals surface area contributed by atoms with Gasteiger partial charge in [-0.15, -0.1) is 0 Å². The van der Waals surface area contributed by atoms with Gasteiger partial charge in [0.25, 0.3) is 5.89 Å². The number of aromatic nitrogens is 2. The summed E-state index contributed by atoms with van der Waals surface area (Å²) in [6.45, 7) is 4.00. The molecule has 96 valence electrons. The Balaban J connectivity index is 2.01. The van der Waals surface area contributed by atoms with Crippen LogP contribution < -0.4 is 5.73 Å². The third-order valence-corrected chi connectivity index (χ3v) is 3.91. The maximum absolute atomic E-state index is 5.90. The number of hydrogen-bond donors (Lipinski definition) is 1. The summed E-state index contributed by atoms with van der Waals surface area (Å²) < 4.78 is 5.31. The fraction of sp³-hybridized carbons (Fsp3) is 0.143. The lowest BCUT2D eigenvalue weighted by Gasteiger charge is -2.00. The molecule has 0 unspecified atom stereocenters. The summed E-state index contributed by atoms with van der Waals surface area (Å²) >= 11 is 1.63. The van der Waals surface area contributed by atoms with Crippen LogP contribution in [0.2, 0.25) is 0 Å². The van der Waals surface area contributed by atoms with Gasteiger partial charge in [-0.1, -0.05) is 11.2 Å². The number of aryl methyl sites for hydroxylation is 2. The topological polar surface area (TPSA) is 64.9 Å². The molecular weight excluding hydrogens is 258 g/mol. The Bertz CT molecular complexity index is 730. The number of hydrogen-bond acceptors (Lipinski definition) is 5. The third kappa shape index (κ3) is 2.13. The van der Waals surface area contributed by atoms with Gasteiger partial charge in [0.15, 0.2) is 0 Å². The SMILES string of the molecule is Cc1ccc(-c2nc(-c3cscc3C)no2)cc1N. The molecule has 1 aromatic carbocycles. The zero-order valence-electron chi connectivity index (χ0n) is 10.7. The maximum Gasteiger partial charge on any atom is 0.258 e. The Morgan fingerprint density at radius 1 is 1.16 bits per heavy atom. The van der Waals surface area contributed by atoms with Gasteiger partial charge < -0.3 is 10.3 Å². The minimum Gasteiger partial charge on any atom is -0.398 e. The standard InChI is InChI=1S/C14H13N3OS/c1-8-3-4-10(5-12(8)15)14-16-13(17-18-14)11-7-19-6-9(11)2/h3-7H,15H2,1-2H3. The normalized spacial score (nSPS) is 10.8. The van der Waals surface area contributed by atoms with Gasteiger partial charge in [0.2, 0.25) is 5.82 Å². The van der Waals surface area contributed by atoms with E-state index in [0.29, 0.717) is 11.7 Å². The summed E-state index contributed by atoms with van der Waals surface area (Å²) in [5.74, 6) is 1.11. The van der Waals surface area contributed by atoms with Crippen molar-refractivity contribution in [3.05, 3.63) is 40.1 Å². The molecule has 0 aliphatic carbocycles. The summed E-state index contributed by atoms with van der Waals surface area (Å²) in [5.41, 5.74) is 10.7. The highest BCUT2D eigenvalue weighted by molar-refractivity contribution is 7.08. The number of benzene rings is 1. The van der Waals surface area contributed by atoms with E-state index in [1.807, 2.05) is 37.4 Å². The lowest BCUT2D eigenvalue weighted by molar-refractivity contribution is 0.432. The monoisotopic (exact) mass is 271 g/mol. The van der Waals surface area contributed by atoms with Crippen LogP contribution in [0.4, 0.5) is 5.69 Å². The molecule has 5 heteroatoms. The van der Waals surface area contributed by atoms with Crippen LogP contribution in [0.3, 0.4) is 0 Å². The van der Waals surface area contributed by atoms with E-state index >= 15 is 0 Å². The molecule has 0 atom stereocenters. The second-order valence-corrected chi connectivity index (χ2v) is 5.21. The van der Waals surface area contributed by atoms with Crippen LogP contribution in [0.5, 0.6) is 0 Å². The molecule has 0 aliphatic heterocycles. The molecule has 0 fully saturated rings. The van der Waals surface area contributed by atoms with E-state index in [2.05, 4.69) is 15.5 Å². The van der Waals surface area contributed by atoms with Crippen molar-refractivity contribution in [1.82, 2.24) is 10.1 Å². The van der Waals surface area contributed by atoms with Crippen molar-refractivity contribution in [1.29, 1.82) is 0 Å². The fourth-order valence-corrected chi connectivity index (χ4v) is 2.64. The molecule has 0 aliphatic rings. The molecular formula is C14H13N3OS. The van der Waals surface area contributed by atoms with E-state index < -0.39 is 0 Å². The van der Waals surface area contributed by atoms with Crippen LogP contribution >= 0.6 is 11.3 Å². The Hall–Kier alpha value is -2.14. The van der Waals surface area contributed by atoms with E-state index in [-0.39, 0.29) is 0 Å². The number of nitrogens with two attached hydrogens (primary N) is 1. The van der Waals surface area contributed by atoms with Crippen molar-refractivity contribution in [3.8, 4) is 22.8 Å². The average molecular weight is 271 g/mol. The zero-order valence-corrected chi connectivity index (χ0v) is 11.5. The summed E-state index contributed by atoms with van der Waals surface area (Å²) in [5, 5.41) is 8.11. The molecule has 2 aromatic heterocycles. The van der Waals surface area contributed by atoms with E-state index in [4.69, 9.17) is 10.3 Å². The number of nitrogen functional groups attached to an aromatic ring is 1. The van der Waals surface area contributed by atoms with Crippen LogP contribution in [-0.2, 0) is 0 Å². The van der Waals surface area contributed by atoms with Crippen molar-refractivity contribution in [2.75, 3.05) is 5.73 Å². The van der Waals surface area contributed by atoms with Gasteiger partial charge in [-0.25, -0.2) is 0 Å². The largest absolute Gasteiger partial charge is 0.398 e. The number of rotatable bonds is 2. The van der Waals surface area contributed by atoms with Crippen molar-refractivity contribution < 1.29 is 4.52 Å². The van der Waals surface area contributed by atoms with E-state index in [1.54, 1.807) is 11.3 Å². The predicted octanol–water partition coefficient (Wildman–Crippen LogP) is 3.66. The minimum atomic E-state index is 0.493. The Morgan fingerprint density at radius 2 is 2.00 bits per heavy atom. The number of anilines is 1. The van der Waals surface area contributed by atoms with Crippen molar-refractivity contribution in [2.45, 2.75) is 13.8 Å². The second-order valence-electron chi connectivity index (χ2n) is 4.46. The summed E-state index contributed by atoms with van der Waals surface area (Å²) in [6.07, 6.45) is 0. The van der Waals surface area contributed by atoms with E-state index in [0.717, 1.165) is 27.9 Å². The highest BCUT2D eigenvalue weighted by Gasteiger charge is 2.13. The maximum atomic E-state index is 5.90. The molecule has 0 saturated carbocycles.